The number of hydrogen-bond acceptors (Lipinski definition) is 5. The molecule has 2 aromatic carbocycles. The molecule has 1 aliphatic heterocycles. The lowest BCUT2D eigenvalue weighted by Gasteiger charge is -2.29. The fraction of sp³-hybridized carbons (Fsp3) is 0.280. The first-order valence-electron chi connectivity index (χ1n) is 11.1. The second-order valence-electron chi connectivity index (χ2n) is 8.68. The summed E-state index contributed by atoms with van der Waals surface area (Å²) in [5, 5.41) is 14.7. The number of fused-ring (bicyclic) bond motifs is 2. The molecule has 5 rings (SSSR count). The van der Waals surface area contributed by atoms with Crippen LogP contribution in [0.25, 0.3) is 22.3 Å². The summed E-state index contributed by atoms with van der Waals surface area (Å²) in [4.78, 5) is 23.7. The van der Waals surface area contributed by atoms with Gasteiger partial charge in [-0.25, -0.2) is 9.97 Å². The molecular formula is C25H22F3N5O2. The normalized spacial score (nSPS) is 14.9. The van der Waals surface area contributed by atoms with Gasteiger partial charge in [-0.05, 0) is 62.7 Å². The zero-order chi connectivity index (χ0) is 25.1. The number of anilines is 1. The van der Waals surface area contributed by atoms with Crippen molar-refractivity contribution in [2.24, 2.45) is 0 Å². The molecule has 0 radical (unpaired) electrons. The average molecular weight is 481 g/mol. The first-order valence-corrected chi connectivity index (χ1v) is 11.1. The average Bonchev–Trinajstić information content (AvgIpc) is 3.16. The fourth-order valence-corrected chi connectivity index (χ4v) is 4.50. The number of hydrogen-bond donors (Lipinski definition) is 1. The van der Waals surface area contributed by atoms with E-state index in [0.29, 0.717) is 52.3 Å². The Balaban J connectivity index is 1.46. The van der Waals surface area contributed by atoms with Gasteiger partial charge in [0.25, 0.3) is 5.91 Å². The first-order chi connectivity index (χ1) is 16.5. The Morgan fingerprint density at radius 3 is 2.54 bits per heavy atom. The number of carbonyl (C=O) groups is 1. The van der Waals surface area contributed by atoms with E-state index in [-0.39, 0.29) is 5.91 Å². The molecular weight excluding hydrogens is 459 g/mol. The summed E-state index contributed by atoms with van der Waals surface area (Å²) in [6, 6.07) is 8.84. The van der Waals surface area contributed by atoms with Crippen LogP contribution in [0.15, 0.2) is 42.6 Å². The molecule has 0 fully saturated rings. The fourth-order valence-electron chi connectivity index (χ4n) is 4.50. The van der Waals surface area contributed by atoms with Crippen molar-refractivity contribution in [3.63, 3.8) is 0 Å². The number of aromatic nitrogens is 4. The molecule has 1 N–H and O–H groups in total. The molecule has 1 unspecified atom stereocenters. The maximum atomic E-state index is 13.3. The van der Waals surface area contributed by atoms with Crippen LogP contribution in [0.5, 0.6) is 0 Å². The second-order valence-corrected chi connectivity index (χ2v) is 8.68. The maximum Gasteiger partial charge on any atom is 0.416 e. The Hall–Kier alpha value is -3.79. The van der Waals surface area contributed by atoms with Crippen molar-refractivity contribution in [1.29, 1.82) is 0 Å². The van der Waals surface area contributed by atoms with Gasteiger partial charge in [0.05, 0.1) is 29.4 Å². The van der Waals surface area contributed by atoms with E-state index in [9.17, 15) is 23.1 Å². The van der Waals surface area contributed by atoms with Crippen LogP contribution in [0.2, 0.25) is 0 Å². The largest absolute Gasteiger partial charge is 0.416 e. The van der Waals surface area contributed by atoms with Crippen molar-refractivity contribution >= 4 is 22.5 Å². The SMILES string of the molecule is Cc1cc(-c2ncc3cc(C(F)(F)F)ccc3n2)ccc1N1CCn2nc(C(C)O)c(C)c2C1=O. The highest BCUT2D eigenvalue weighted by Gasteiger charge is 2.32. The van der Waals surface area contributed by atoms with Crippen LogP contribution in [-0.2, 0) is 12.7 Å². The van der Waals surface area contributed by atoms with Gasteiger partial charge in [-0.2, -0.15) is 18.3 Å². The third-order valence-electron chi connectivity index (χ3n) is 6.26. The summed E-state index contributed by atoms with van der Waals surface area (Å²) in [6.45, 7) is 6.22. The van der Waals surface area contributed by atoms with Crippen LogP contribution in [-0.4, -0.2) is 37.3 Å². The summed E-state index contributed by atoms with van der Waals surface area (Å²) < 4.78 is 40.6. The molecule has 0 bridgehead atoms. The number of aliphatic hydroxyl groups is 1. The molecule has 2 aromatic heterocycles. The van der Waals surface area contributed by atoms with Gasteiger partial charge in [-0.3, -0.25) is 9.48 Å². The summed E-state index contributed by atoms with van der Waals surface area (Å²) in [5.74, 6) is 0.193. The van der Waals surface area contributed by atoms with Crippen LogP contribution in [0.3, 0.4) is 0 Å². The number of amides is 1. The number of nitrogens with zero attached hydrogens (tertiary/aromatic N) is 5. The zero-order valence-corrected chi connectivity index (χ0v) is 19.3. The van der Waals surface area contributed by atoms with E-state index >= 15 is 0 Å². The molecule has 0 saturated heterocycles. The van der Waals surface area contributed by atoms with Crippen LogP contribution in [0.4, 0.5) is 18.9 Å². The third-order valence-corrected chi connectivity index (χ3v) is 6.26. The highest BCUT2D eigenvalue weighted by molar-refractivity contribution is 6.07. The van der Waals surface area contributed by atoms with Gasteiger partial charge in [0.1, 0.15) is 5.69 Å². The summed E-state index contributed by atoms with van der Waals surface area (Å²) in [5.41, 5.74) is 3.55. The summed E-state index contributed by atoms with van der Waals surface area (Å²) in [7, 11) is 0. The predicted octanol–water partition coefficient (Wildman–Crippen LogP) is 4.84. The number of halogens is 3. The number of carbonyl (C=O) groups excluding carboxylic acids is 1. The number of aliphatic hydroxyl groups excluding tert-OH is 1. The number of rotatable bonds is 3. The molecule has 4 aromatic rings. The lowest BCUT2D eigenvalue weighted by atomic mass is 10.1. The topological polar surface area (TPSA) is 84.1 Å². The Kier molecular flexibility index (Phi) is 5.36. The van der Waals surface area contributed by atoms with Crippen molar-refractivity contribution in [3.05, 3.63) is 70.7 Å². The van der Waals surface area contributed by atoms with Crippen LogP contribution in [0.1, 0.15) is 45.9 Å². The molecule has 3 heterocycles. The van der Waals surface area contributed by atoms with Gasteiger partial charge in [0.15, 0.2) is 5.82 Å². The van der Waals surface area contributed by atoms with Gasteiger partial charge < -0.3 is 10.0 Å². The van der Waals surface area contributed by atoms with Crippen molar-refractivity contribution in [1.82, 2.24) is 19.7 Å². The van der Waals surface area contributed by atoms with E-state index in [4.69, 9.17) is 0 Å². The molecule has 1 aliphatic rings. The van der Waals surface area contributed by atoms with Crippen molar-refractivity contribution in [2.45, 2.75) is 39.6 Å². The minimum atomic E-state index is -4.43. The molecule has 10 heteroatoms. The molecule has 0 saturated carbocycles. The Morgan fingerprint density at radius 2 is 1.86 bits per heavy atom. The van der Waals surface area contributed by atoms with Gasteiger partial charge in [0.2, 0.25) is 0 Å². The maximum absolute atomic E-state index is 13.3. The quantitative estimate of drug-likeness (QED) is 0.453. The van der Waals surface area contributed by atoms with Crippen LogP contribution in [0, 0.1) is 13.8 Å². The van der Waals surface area contributed by atoms with E-state index in [2.05, 4.69) is 15.1 Å². The van der Waals surface area contributed by atoms with E-state index in [1.165, 1.54) is 12.3 Å². The van der Waals surface area contributed by atoms with Gasteiger partial charge >= 0.3 is 6.18 Å². The first kappa shape index (κ1) is 23.0. The molecule has 180 valence electrons. The van der Waals surface area contributed by atoms with E-state index in [0.717, 1.165) is 23.4 Å². The number of alkyl halides is 3. The van der Waals surface area contributed by atoms with Gasteiger partial charge in [-0.15, -0.1) is 0 Å². The van der Waals surface area contributed by atoms with E-state index < -0.39 is 17.8 Å². The van der Waals surface area contributed by atoms with Crippen molar-refractivity contribution < 1.29 is 23.1 Å². The molecule has 1 atom stereocenters. The third kappa shape index (κ3) is 3.93. The highest BCUT2D eigenvalue weighted by Crippen LogP contribution is 2.33. The monoisotopic (exact) mass is 481 g/mol. The zero-order valence-electron chi connectivity index (χ0n) is 19.3. The standard InChI is InChI=1S/C25H22F3N5O2/c1-13-10-16(23-29-12-17-11-18(25(26,27)28)5-6-19(17)30-23)4-7-20(13)32-8-9-33-22(24(32)35)14(2)21(31-33)15(3)34/h4-7,10-12,15,34H,8-9H2,1-3H3. The van der Waals surface area contributed by atoms with E-state index in [1.54, 1.807) is 29.5 Å². The minimum absolute atomic E-state index is 0.188. The Bertz CT molecular complexity index is 1480. The van der Waals surface area contributed by atoms with E-state index in [1.807, 2.05) is 19.1 Å². The van der Waals surface area contributed by atoms with Crippen LogP contribution < -0.4 is 4.90 Å². The Morgan fingerprint density at radius 1 is 1.09 bits per heavy atom. The minimum Gasteiger partial charge on any atom is -0.387 e. The summed E-state index contributed by atoms with van der Waals surface area (Å²) in [6.07, 6.45) is -3.81. The second kappa shape index (κ2) is 8.16. The molecule has 0 aliphatic carbocycles. The Labute approximate surface area is 198 Å². The van der Waals surface area contributed by atoms with Gasteiger partial charge in [0, 0.05) is 34.9 Å². The lowest BCUT2D eigenvalue weighted by molar-refractivity contribution is -0.137. The smallest absolute Gasteiger partial charge is 0.387 e. The molecule has 7 nitrogen and oxygen atoms in total. The molecule has 1 amide bonds. The highest BCUT2D eigenvalue weighted by atomic mass is 19.4. The summed E-state index contributed by atoms with van der Waals surface area (Å²) >= 11 is 0. The van der Waals surface area contributed by atoms with Crippen molar-refractivity contribution in [2.75, 3.05) is 11.4 Å². The molecule has 0 spiro atoms. The van der Waals surface area contributed by atoms with Crippen LogP contribution >= 0.6 is 0 Å². The predicted molar refractivity (Wildman–Crippen MR) is 124 cm³/mol. The van der Waals surface area contributed by atoms with Crippen molar-refractivity contribution in [3.8, 4) is 11.4 Å². The number of benzene rings is 2. The molecule has 35 heavy (non-hydrogen) atoms. The lowest BCUT2D eigenvalue weighted by Crippen LogP contribution is -2.41. The number of aryl methyl sites for hydroxylation is 1. The van der Waals surface area contributed by atoms with Gasteiger partial charge in [-0.1, -0.05) is 0 Å².